The van der Waals surface area contributed by atoms with Crippen LogP contribution in [-0.2, 0) is 42.0 Å². The molecule has 4 N–H and O–H groups in total. The van der Waals surface area contributed by atoms with Crippen molar-refractivity contribution in [1.29, 1.82) is 0 Å². The van der Waals surface area contributed by atoms with Gasteiger partial charge in [-0.05, 0) is 121 Å². The van der Waals surface area contributed by atoms with Crippen molar-refractivity contribution in [2.45, 2.75) is 263 Å². The number of nitrogens with one attached hydrogen (secondary N) is 1. The largest absolute Gasteiger partial charge is 0.392 e. The van der Waals surface area contributed by atoms with Crippen LogP contribution in [0.1, 0.15) is 225 Å². The molecule has 3 saturated heterocycles. The first-order valence-electron chi connectivity index (χ1n) is 33.6. The SMILES string of the molecule is C=CCO/N=C/C[C@@H](C)C(O)[C@H]1C(=O)CCCCCCCCCCN1C.C[C@H](C/C=N/OCc1ccccc1)C(O)[C@H]1C(=O)CCCCCCCCCCN1C.C[C@H](CC(=O)NCc1ccccc1)C(O)[C@H]1C(=O)CCCCCCCCCCN1C.[Ac].[Ac]. The fourth-order valence-corrected chi connectivity index (χ4v) is 11.9. The molecule has 3 fully saturated rings. The molecule has 88 heavy (non-hydrogen) atoms. The van der Waals surface area contributed by atoms with E-state index in [4.69, 9.17) is 9.68 Å². The predicted molar refractivity (Wildman–Crippen MR) is 351 cm³/mol. The molecule has 3 heterocycles. The maximum Gasteiger partial charge on any atom is 0.220 e. The summed E-state index contributed by atoms with van der Waals surface area (Å²) in [5.41, 5.74) is 2.11. The molecule has 2 radical (unpaired) electrons. The van der Waals surface area contributed by atoms with Gasteiger partial charge in [0.25, 0.3) is 0 Å². The molecule has 0 aromatic heterocycles. The van der Waals surface area contributed by atoms with E-state index in [1.165, 1.54) is 96.3 Å². The Labute approximate surface area is 604 Å². The zero-order valence-corrected chi connectivity index (χ0v) is 65.0. The number of aliphatic hydroxyl groups excluding tert-OH is 3. The Morgan fingerprint density at radius 2 is 0.830 bits per heavy atom. The summed E-state index contributed by atoms with van der Waals surface area (Å²) in [4.78, 5) is 67.6. The summed E-state index contributed by atoms with van der Waals surface area (Å²) in [6.45, 7) is 13.2. The minimum atomic E-state index is -0.838. The van der Waals surface area contributed by atoms with E-state index in [1.54, 1.807) is 18.5 Å². The van der Waals surface area contributed by atoms with E-state index in [1.807, 2.05) is 107 Å². The number of nitrogens with zero attached hydrogens (tertiary/aromatic N) is 5. The van der Waals surface area contributed by atoms with Crippen LogP contribution < -0.4 is 5.32 Å². The van der Waals surface area contributed by atoms with E-state index in [0.29, 0.717) is 51.9 Å². The quantitative estimate of drug-likeness (QED) is 0.0425. The number of amides is 1. The number of hydrogen-bond donors (Lipinski definition) is 4. The van der Waals surface area contributed by atoms with Crippen molar-refractivity contribution >= 4 is 35.7 Å². The van der Waals surface area contributed by atoms with Gasteiger partial charge in [-0.25, -0.2) is 0 Å². The summed E-state index contributed by atoms with van der Waals surface area (Å²) in [5.74, 6) is -0.0441. The maximum atomic E-state index is 13.0. The Kier molecular flexibility index (Phi) is 51.3. The molecule has 2 aromatic carbocycles. The minimum Gasteiger partial charge on any atom is -0.392 e. The molecule has 0 saturated carbocycles. The summed E-state index contributed by atoms with van der Waals surface area (Å²) in [5, 5.41) is 43.7. The summed E-state index contributed by atoms with van der Waals surface area (Å²) >= 11 is 0. The van der Waals surface area contributed by atoms with Crippen molar-refractivity contribution in [2.75, 3.05) is 47.4 Å². The molecule has 492 valence electrons. The van der Waals surface area contributed by atoms with Crippen LogP contribution in [0.4, 0.5) is 0 Å². The van der Waals surface area contributed by atoms with Crippen LogP contribution in [0, 0.1) is 106 Å². The number of likely N-dealkylation sites (N-methyl/N-ethyl adjacent to an activating group) is 3. The van der Waals surface area contributed by atoms with Crippen LogP contribution in [-0.4, -0.2) is 150 Å². The topological polar surface area (TPSA) is 194 Å². The second kappa shape index (κ2) is 53.6. The molecule has 3 unspecified atom stereocenters. The number of oxime groups is 2. The molecular weight excluding hydrogens is 1530 g/mol. The summed E-state index contributed by atoms with van der Waals surface area (Å²) in [6.07, 6.45) is 33.7. The van der Waals surface area contributed by atoms with E-state index in [2.05, 4.69) is 32.0 Å². The molecule has 3 aliphatic rings. The minimum absolute atomic E-state index is 0. The van der Waals surface area contributed by atoms with Crippen LogP contribution in [0.15, 0.2) is 83.6 Å². The van der Waals surface area contributed by atoms with Crippen molar-refractivity contribution in [3.63, 3.8) is 0 Å². The number of ketones is 3. The first kappa shape index (κ1) is 84.3. The van der Waals surface area contributed by atoms with Crippen molar-refractivity contribution in [1.82, 2.24) is 20.0 Å². The Hall–Kier alpha value is -1.76. The third-order valence-corrected chi connectivity index (χ3v) is 17.5. The van der Waals surface area contributed by atoms with E-state index >= 15 is 0 Å². The van der Waals surface area contributed by atoms with Crippen molar-refractivity contribution in [2.24, 2.45) is 28.1 Å². The molecule has 0 bridgehead atoms. The Bertz CT molecular complexity index is 2160. The number of hydrogen-bond acceptors (Lipinski definition) is 14. The molecule has 15 nitrogen and oxygen atoms in total. The number of Topliss-reactive ketones (excluding diaryl/α,β-unsaturated/α-hetero) is 3. The van der Waals surface area contributed by atoms with Crippen molar-refractivity contribution in [3.8, 4) is 0 Å². The number of rotatable bonds is 20. The van der Waals surface area contributed by atoms with Gasteiger partial charge in [0, 0.05) is 133 Å². The molecule has 3 aliphatic heterocycles. The molecule has 17 heteroatoms. The maximum absolute atomic E-state index is 13.0. The van der Waals surface area contributed by atoms with Gasteiger partial charge < -0.3 is 30.3 Å². The number of carbonyl (C=O) groups is 4. The first-order chi connectivity index (χ1) is 41.7. The van der Waals surface area contributed by atoms with Crippen LogP contribution in [0.25, 0.3) is 0 Å². The fraction of sp³-hybridized carbons (Fsp3) is 0.718. The third-order valence-electron chi connectivity index (χ3n) is 17.5. The second-order valence-electron chi connectivity index (χ2n) is 25.2. The van der Waals surface area contributed by atoms with Crippen LogP contribution in [0.3, 0.4) is 0 Å². The number of benzene rings is 2. The predicted octanol–water partition coefficient (Wildman–Crippen LogP) is 13.0. The van der Waals surface area contributed by atoms with Gasteiger partial charge in [-0.1, -0.05) is 220 Å². The Morgan fingerprint density at radius 1 is 0.511 bits per heavy atom. The van der Waals surface area contributed by atoms with Crippen LogP contribution in [0.2, 0.25) is 0 Å². The molecule has 0 aliphatic carbocycles. The van der Waals surface area contributed by atoms with E-state index in [-0.39, 0.29) is 136 Å². The zero-order valence-electron chi connectivity index (χ0n) is 55.5. The van der Waals surface area contributed by atoms with E-state index < -0.39 is 36.4 Å². The van der Waals surface area contributed by atoms with E-state index in [0.717, 1.165) is 88.5 Å². The average Bonchev–Trinajstić information content (AvgIpc) is 3.61. The average molecular weight is 1650 g/mol. The zero-order chi connectivity index (χ0) is 62.6. The molecule has 1 amide bonds. The first-order valence-corrected chi connectivity index (χ1v) is 33.6. The van der Waals surface area contributed by atoms with Gasteiger partial charge in [-0.2, -0.15) is 0 Å². The Morgan fingerprint density at radius 3 is 1.19 bits per heavy atom. The molecule has 5 rings (SSSR count). The summed E-state index contributed by atoms with van der Waals surface area (Å²) in [7, 11) is 5.89. The van der Waals surface area contributed by atoms with Gasteiger partial charge in [0.2, 0.25) is 5.91 Å². The smallest absolute Gasteiger partial charge is 0.220 e. The molecule has 0 spiro atoms. The fourth-order valence-electron chi connectivity index (χ4n) is 11.9. The van der Waals surface area contributed by atoms with Crippen LogP contribution in [0.5, 0.6) is 0 Å². The van der Waals surface area contributed by atoms with Gasteiger partial charge in [0.15, 0.2) is 17.3 Å². The monoisotopic (exact) mass is 1650 g/mol. The van der Waals surface area contributed by atoms with Gasteiger partial charge in [-0.3, -0.25) is 33.9 Å². The molecule has 9 atom stereocenters. The van der Waals surface area contributed by atoms with Crippen molar-refractivity contribution < 1.29 is 132 Å². The number of carbonyl (C=O) groups excluding carboxylic acids is 4. The standard InChI is InChI=1S/2C25H40N2O3.C21H38N2O3.2Ac/c1-21(17-18-26-30-20-22-14-10-9-11-15-22)25(29)24-23(28)16-12-7-5-3-4-6-8-13-19-27(24)2;1-20(18-23(29)26-19-21-14-10-9-11-15-21)25(30)24-22(28)16-12-7-5-3-4-6-8-13-17-27(24)2;1-4-17-26-22-15-14-18(2)21(25)20-19(24)13-11-9-7-5-6-8-10-12-16-23(20)3;;/h9-11,14-15,18,21,24-25,29H,3-8,12-13,16-17,19-20H2,1-2H3;9-11,14-15,20,24-25,30H,3-8,12-13,16-19H2,1-2H3,(H,26,29);4,15,18,20-21,25H,1,5-14,16-17H2,2-3H3;;/b26-18+;;22-15+;;/t21-,24-,25?;20-,24-,25?;18-,20-,21?;;/m111../s1. The second-order valence-corrected chi connectivity index (χ2v) is 25.2. The number of aliphatic hydroxyl groups is 3. The van der Waals surface area contributed by atoms with Gasteiger partial charge in [0.05, 0.1) is 36.4 Å². The van der Waals surface area contributed by atoms with Gasteiger partial charge in [0.1, 0.15) is 13.2 Å². The van der Waals surface area contributed by atoms with E-state index in [9.17, 15) is 34.5 Å². The Balaban J connectivity index is 0.000000655. The van der Waals surface area contributed by atoms with Gasteiger partial charge >= 0.3 is 0 Å². The normalized spacial score (nSPS) is 22.5. The van der Waals surface area contributed by atoms with Crippen molar-refractivity contribution in [3.05, 3.63) is 84.4 Å². The summed E-state index contributed by atoms with van der Waals surface area (Å²) in [6, 6.07) is 18.3. The third kappa shape index (κ3) is 37.2. The van der Waals surface area contributed by atoms with Gasteiger partial charge in [-0.15, -0.1) is 0 Å². The molecule has 2 aromatic rings. The molecular formula is C71H118Ac2N6O9. The van der Waals surface area contributed by atoms with Crippen LogP contribution >= 0.6 is 0 Å². The summed E-state index contributed by atoms with van der Waals surface area (Å²) < 4.78 is 0.